The molecule has 0 aliphatic heterocycles. The number of hydrogen-bond acceptors (Lipinski definition) is 6. The van der Waals surface area contributed by atoms with Crippen molar-refractivity contribution in [3.63, 3.8) is 0 Å². The first kappa shape index (κ1) is 23.7. The molecule has 0 aromatic heterocycles. The minimum absolute atomic E-state index is 0.000529. The van der Waals surface area contributed by atoms with Crippen LogP contribution in [0.2, 0.25) is 0 Å². The molecule has 0 N–H and O–H groups in total. The topological polar surface area (TPSA) is 103 Å². The minimum Gasteiger partial charge on any atom is -0.288 e. The van der Waals surface area contributed by atoms with Gasteiger partial charge in [0.15, 0.2) is 5.12 Å². The summed E-state index contributed by atoms with van der Waals surface area (Å²) in [6.07, 6.45) is 0. The number of rotatable bonds is 5. The second-order valence-electron chi connectivity index (χ2n) is 5.00. The molecule has 2 aromatic rings. The zero-order chi connectivity index (χ0) is 20.6. The molecule has 0 aliphatic rings. The quantitative estimate of drug-likeness (QED) is 0.229. The van der Waals surface area contributed by atoms with Gasteiger partial charge in [-0.2, -0.15) is 0 Å². The van der Waals surface area contributed by atoms with Crippen LogP contribution in [-0.2, 0) is 15.9 Å². The molecule has 0 saturated heterocycles. The van der Waals surface area contributed by atoms with Crippen LogP contribution in [0, 0.1) is 20.2 Å². The first-order chi connectivity index (χ1) is 12.6. The van der Waals surface area contributed by atoms with Gasteiger partial charge in [0.2, 0.25) is 0 Å². The molecule has 2 aromatic carbocycles. The maximum absolute atomic E-state index is 10.7. The van der Waals surface area contributed by atoms with E-state index < -0.39 is 9.85 Å². The molecule has 0 amide bonds. The van der Waals surface area contributed by atoms with E-state index in [9.17, 15) is 25.0 Å². The van der Waals surface area contributed by atoms with Crippen molar-refractivity contribution in [3.05, 3.63) is 76.7 Å². The predicted molar refractivity (Wildman–Crippen MR) is 116 cm³/mol. The number of halogens is 3. The molecule has 0 heterocycles. The van der Waals surface area contributed by atoms with Gasteiger partial charge < -0.3 is 0 Å². The zero-order valence-electron chi connectivity index (χ0n) is 13.9. The molecule has 0 saturated carbocycles. The third-order valence-electron chi connectivity index (χ3n) is 3.01. The van der Waals surface area contributed by atoms with Gasteiger partial charge in [0.25, 0.3) is 11.4 Å². The Kier molecular flexibility index (Phi) is 10.1. The predicted octanol–water partition coefficient (Wildman–Crippen LogP) is 6.39. The van der Waals surface area contributed by atoms with E-state index in [0.717, 1.165) is 22.9 Å². The van der Waals surface area contributed by atoms with E-state index in [4.69, 9.17) is 0 Å². The summed E-state index contributed by atoms with van der Waals surface area (Å²) in [5, 5.41) is 21.7. The van der Waals surface area contributed by atoms with Gasteiger partial charge in [-0.15, -0.1) is 0 Å². The van der Waals surface area contributed by atoms with Crippen molar-refractivity contribution < 1.29 is 14.6 Å². The number of nitrogens with zero attached hydrogens (tertiary/aromatic N) is 2. The highest BCUT2D eigenvalue weighted by atomic mass is 79.9. The third-order valence-corrected chi connectivity index (χ3v) is 5.88. The summed E-state index contributed by atoms with van der Waals surface area (Å²) in [7, 11) is 0. The normalized spacial score (nSPS) is 9.93. The van der Waals surface area contributed by atoms with Crippen molar-refractivity contribution in [1.82, 2.24) is 0 Å². The fraction of sp³-hybridized carbons (Fsp3) is 0.188. The molecule has 0 unspecified atom stereocenters. The lowest BCUT2D eigenvalue weighted by Gasteiger charge is -2.00. The number of carbonyl (C=O) groups excluding carboxylic acids is 1. The Morgan fingerprint density at radius 3 is 1.81 bits per heavy atom. The van der Waals surface area contributed by atoms with Gasteiger partial charge in [0.05, 0.1) is 18.8 Å². The molecule has 7 nitrogen and oxygen atoms in total. The number of carbonyl (C=O) groups is 1. The van der Waals surface area contributed by atoms with Gasteiger partial charge in [-0.05, 0) is 55.1 Å². The molecule has 0 bridgehead atoms. The first-order valence-electron chi connectivity index (χ1n) is 7.20. The lowest BCUT2D eigenvalue weighted by molar-refractivity contribution is -0.385. The molecular weight excluding hydrogens is 572 g/mol. The van der Waals surface area contributed by atoms with Crippen LogP contribution in [0.15, 0.2) is 45.3 Å². The molecule has 27 heavy (non-hydrogen) atoms. The standard InChI is InChI=1S/C9H8BrNO3S.C7H5Br2NO2/c1-6(12)15-5-7-2-3-8(10)9(4-7)11(13)14;8-4-5-1-2-6(9)7(3-5)10(11)12/h2-4H,5H2,1H3;1-3H,4H2. The summed E-state index contributed by atoms with van der Waals surface area (Å²) in [5.74, 6) is 0.462. The number of nitro benzene ring substituents is 2. The van der Waals surface area contributed by atoms with Gasteiger partial charge >= 0.3 is 0 Å². The SMILES string of the molecule is CC(=O)SCc1ccc(Br)c([N+](=O)[O-])c1.O=[N+]([O-])c1cc(CBr)ccc1Br. The van der Waals surface area contributed by atoms with Crippen LogP contribution in [0.3, 0.4) is 0 Å². The van der Waals surface area contributed by atoms with Crippen molar-refractivity contribution in [3.8, 4) is 0 Å². The number of benzene rings is 2. The third kappa shape index (κ3) is 8.08. The maximum atomic E-state index is 10.7. The minimum atomic E-state index is -0.452. The van der Waals surface area contributed by atoms with E-state index in [-0.39, 0.29) is 16.5 Å². The summed E-state index contributed by atoms with van der Waals surface area (Å²) in [6.45, 7) is 1.47. The molecule has 0 atom stereocenters. The van der Waals surface area contributed by atoms with Crippen molar-refractivity contribution in [2.75, 3.05) is 0 Å². The average Bonchev–Trinajstić information content (AvgIpc) is 2.61. The van der Waals surface area contributed by atoms with Crippen LogP contribution in [0.4, 0.5) is 11.4 Å². The average molecular weight is 585 g/mol. The fourth-order valence-electron chi connectivity index (χ4n) is 1.75. The molecule has 144 valence electrons. The summed E-state index contributed by atoms with van der Waals surface area (Å²) >= 11 is 10.6. The maximum Gasteiger partial charge on any atom is 0.283 e. The van der Waals surface area contributed by atoms with Gasteiger partial charge in [-0.25, -0.2) is 0 Å². The van der Waals surface area contributed by atoms with Crippen molar-refractivity contribution in [2.45, 2.75) is 18.0 Å². The Labute approximate surface area is 184 Å². The van der Waals surface area contributed by atoms with Gasteiger partial charge in [0, 0.05) is 30.1 Å². The fourth-order valence-corrected chi connectivity index (χ4v) is 3.44. The Morgan fingerprint density at radius 1 is 0.963 bits per heavy atom. The van der Waals surface area contributed by atoms with Crippen molar-refractivity contribution in [2.24, 2.45) is 0 Å². The largest absolute Gasteiger partial charge is 0.288 e. The summed E-state index contributed by atoms with van der Waals surface area (Å²) in [6, 6.07) is 9.89. The highest BCUT2D eigenvalue weighted by Crippen LogP contribution is 2.27. The van der Waals surface area contributed by atoms with Crippen LogP contribution in [0.1, 0.15) is 18.1 Å². The van der Waals surface area contributed by atoms with E-state index in [0.29, 0.717) is 20.0 Å². The second kappa shape index (κ2) is 11.5. The lowest BCUT2D eigenvalue weighted by atomic mass is 10.2. The smallest absolute Gasteiger partial charge is 0.283 e. The molecule has 0 spiro atoms. The Morgan fingerprint density at radius 2 is 1.41 bits per heavy atom. The van der Waals surface area contributed by atoms with Crippen molar-refractivity contribution in [1.29, 1.82) is 0 Å². The monoisotopic (exact) mass is 582 g/mol. The summed E-state index contributed by atoms with van der Waals surface area (Å²) < 4.78 is 0.960. The summed E-state index contributed by atoms with van der Waals surface area (Å²) in [4.78, 5) is 30.9. The Hall–Kier alpha value is -1.30. The summed E-state index contributed by atoms with van der Waals surface area (Å²) in [5.41, 5.74) is 1.79. The molecule has 11 heteroatoms. The molecule has 0 fully saturated rings. The number of hydrogen-bond donors (Lipinski definition) is 0. The molecule has 0 radical (unpaired) electrons. The number of alkyl halides is 1. The highest BCUT2D eigenvalue weighted by Gasteiger charge is 2.12. The van der Waals surface area contributed by atoms with Crippen LogP contribution >= 0.6 is 59.6 Å². The van der Waals surface area contributed by atoms with Crippen LogP contribution < -0.4 is 0 Å². The van der Waals surface area contributed by atoms with E-state index in [1.807, 2.05) is 6.07 Å². The Bertz CT molecular complexity index is 864. The van der Waals surface area contributed by atoms with Crippen molar-refractivity contribution >= 4 is 76.0 Å². The second-order valence-corrected chi connectivity index (χ2v) is 8.42. The molecule has 2 rings (SSSR count). The highest BCUT2D eigenvalue weighted by molar-refractivity contribution is 9.11. The van der Waals surface area contributed by atoms with Gasteiger partial charge in [-0.3, -0.25) is 25.0 Å². The molecular formula is C16H13Br3N2O5S. The van der Waals surface area contributed by atoms with Crippen LogP contribution in [-0.4, -0.2) is 15.0 Å². The zero-order valence-corrected chi connectivity index (χ0v) is 19.4. The molecule has 0 aliphatic carbocycles. The van der Waals surface area contributed by atoms with Crippen LogP contribution in [0.5, 0.6) is 0 Å². The lowest BCUT2D eigenvalue weighted by Crippen LogP contribution is -1.92. The van der Waals surface area contributed by atoms with Gasteiger partial charge in [0.1, 0.15) is 0 Å². The van der Waals surface area contributed by atoms with Crippen LogP contribution in [0.25, 0.3) is 0 Å². The Balaban J connectivity index is 0.000000277. The van der Waals surface area contributed by atoms with E-state index in [1.54, 1.807) is 24.3 Å². The van der Waals surface area contributed by atoms with Gasteiger partial charge in [-0.1, -0.05) is 39.8 Å². The van der Waals surface area contributed by atoms with E-state index in [1.165, 1.54) is 13.0 Å². The first-order valence-corrected chi connectivity index (χ1v) is 10.9. The number of nitro groups is 2. The number of thioether (sulfide) groups is 1. The van der Waals surface area contributed by atoms with E-state index in [2.05, 4.69) is 47.8 Å². The van der Waals surface area contributed by atoms with E-state index >= 15 is 0 Å².